The van der Waals surface area contributed by atoms with Crippen LogP contribution in [-0.4, -0.2) is 5.11 Å². The highest BCUT2D eigenvalue weighted by molar-refractivity contribution is 5.22. The average Bonchev–Trinajstić information content (AvgIpc) is 2.05. The van der Waals surface area contributed by atoms with Crippen LogP contribution >= 0.6 is 0 Å². The summed E-state index contributed by atoms with van der Waals surface area (Å²) in [5.74, 6) is 2.24. The molecule has 0 aromatic heterocycles. The van der Waals surface area contributed by atoms with Gasteiger partial charge in [-0.2, -0.15) is 0 Å². The van der Waals surface area contributed by atoms with E-state index < -0.39 is 6.10 Å². The molecular weight excluding hydrogens is 136 g/mol. The van der Waals surface area contributed by atoms with Gasteiger partial charge in [0.15, 0.2) is 0 Å². The molecule has 1 atom stereocenters. The van der Waals surface area contributed by atoms with E-state index in [1.807, 2.05) is 18.2 Å². The van der Waals surface area contributed by atoms with Crippen LogP contribution in [0.3, 0.4) is 0 Å². The van der Waals surface area contributed by atoms with Crippen molar-refractivity contribution in [2.45, 2.75) is 13.5 Å². The molecule has 0 spiro atoms. The first-order valence-electron chi connectivity index (χ1n) is 3.03. The minimum Gasteiger partial charge on any atom is -0.376 e. The van der Waals surface area contributed by atoms with Crippen molar-refractivity contribution in [1.82, 2.24) is 0 Å². The van der Waals surface area contributed by atoms with Crippen LogP contribution in [0.5, 0.6) is 0 Å². The molecule has 0 amide bonds. The van der Waals surface area contributed by atoms with Crippen LogP contribution in [0.4, 0.5) is 0 Å². The monoisotopic (exact) mass is 148 g/mol. The molecular formula is C10H12O. The Morgan fingerprint density at radius 2 is 1.82 bits per heavy atom. The van der Waals surface area contributed by atoms with Crippen LogP contribution in [0.25, 0.3) is 0 Å². The van der Waals surface area contributed by atoms with Crippen LogP contribution < -0.4 is 0 Å². The van der Waals surface area contributed by atoms with Gasteiger partial charge >= 0.3 is 0 Å². The molecule has 0 bridgehead atoms. The fourth-order valence-electron chi connectivity index (χ4n) is 0.732. The maximum atomic E-state index is 9.09. The van der Waals surface area contributed by atoms with Crippen LogP contribution in [-0.2, 0) is 0 Å². The number of rotatable bonds is 1. The lowest BCUT2D eigenvalue weighted by Crippen LogP contribution is -1.90. The summed E-state index contributed by atoms with van der Waals surface area (Å²) in [6, 6.07) is 9.16. The highest BCUT2D eigenvalue weighted by Gasteiger charge is 1.98. The first kappa shape index (κ1) is 9.74. The molecule has 0 saturated heterocycles. The summed E-state index contributed by atoms with van der Waals surface area (Å²) in [6.45, 7) is 0. The van der Waals surface area contributed by atoms with Gasteiger partial charge in [-0.15, -0.1) is 6.42 Å². The predicted octanol–water partition coefficient (Wildman–Crippen LogP) is 1.99. The molecule has 1 nitrogen and oxygen atoms in total. The second-order valence-corrected chi connectivity index (χ2v) is 1.98. The van der Waals surface area contributed by atoms with Gasteiger partial charge in [0.2, 0.25) is 0 Å². The van der Waals surface area contributed by atoms with E-state index in [-0.39, 0.29) is 7.43 Å². The largest absolute Gasteiger partial charge is 0.376 e. The van der Waals surface area contributed by atoms with Crippen molar-refractivity contribution >= 4 is 0 Å². The Labute approximate surface area is 67.7 Å². The van der Waals surface area contributed by atoms with Gasteiger partial charge in [0.05, 0.1) is 0 Å². The van der Waals surface area contributed by atoms with Crippen molar-refractivity contribution in [3.8, 4) is 12.3 Å². The van der Waals surface area contributed by atoms with Gasteiger partial charge < -0.3 is 5.11 Å². The quantitative estimate of drug-likeness (QED) is 0.604. The standard InChI is InChI=1S/C9H8O.CH4/c1-2-9(10)8-6-4-3-5-7-8;/h1,3-7,9-10H;1H4. The molecule has 0 aliphatic rings. The first-order valence-corrected chi connectivity index (χ1v) is 3.03. The number of terminal acetylenes is 1. The Morgan fingerprint density at radius 3 is 2.27 bits per heavy atom. The van der Waals surface area contributed by atoms with E-state index >= 15 is 0 Å². The van der Waals surface area contributed by atoms with Crippen molar-refractivity contribution in [3.63, 3.8) is 0 Å². The average molecular weight is 148 g/mol. The van der Waals surface area contributed by atoms with Crippen LogP contribution in [0.2, 0.25) is 0 Å². The molecule has 0 saturated carbocycles. The predicted molar refractivity (Wildman–Crippen MR) is 47.0 cm³/mol. The van der Waals surface area contributed by atoms with Crippen molar-refractivity contribution in [3.05, 3.63) is 35.9 Å². The van der Waals surface area contributed by atoms with Crippen molar-refractivity contribution in [2.75, 3.05) is 0 Å². The molecule has 1 N–H and O–H groups in total. The molecule has 58 valence electrons. The Hall–Kier alpha value is -1.26. The van der Waals surface area contributed by atoms with Crippen molar-refractivity contribution in [1.29, 1.82) is 0 Å². The summed E-state index contributed by atoms with van der Waals surface area (Å²) >= 11 is 0. The molecule has 0 fully saturated rings. The normalized spacial score (nSPS) is 10.9. The van der Waals surface area contributed by atoms with Crippen molar-refractivity contribution < 1.29 is 5.11 Å². The van der Waals surface area contributed by atoms with Gasteiger partial charge in [0, 0.05) is 0 Å². The van der Waals surface area contributed by atoms with Crippen LogP contribution in [0, 0.1) is 12.3 Å². The zero-order valence-electron chi connectivity index (χ0n) is 5.49. The fraction of sp³-hybridized carbons (Fsp3) is 0.200. The zero-order valence-corrected chi connectivity index (χ0v) is 5.49. The molecule has 11 heavy (non-hydrogen) atoms. The summed E-state index contributed by atoms with van der Waals surface area (Å²) in [5, 5.41) is 9.09. The second-order valence-electron chi connectivity index (χ2n) is 1.98. The minimum atomic E-state index is -0.763. The van der Waals surface area contributed by atoms with Gasteiger partial charge in [-0.25, -0.2) is 0 Å². The van der Waals surface area contributed by atoms with E-state index in [0.29, 0.717) is 0 Å². The molecule has 1 heteroatoms. The molecule has 0 heterocycles. The molecule has 1 rings (SSSR count). The van der Waals surface area contributed by atoms with Gasteiger partial charge in [-0.3, -0.25) is 0 Å². The first-order chi connectivity index (χ1) is 4.84. The summed E-state index contributed by atoms with van der Waals surface area (Å²) < 4.78 is 0. The number of hydrogen-bond acceptors (Lipinski definition) is 1. The van der Waals surface area contributed by atoms with Gasteiger partial charge in [-0.05, 0) is 5.56 Å². The lowest BCUT2D eigenvalue weighted by atomic mass is 10.1. The third-order valence-corrected chi connectivity index (χ3v) is 1.27. The van der Waals surface area contributed by atoms with E-state index in [4.69, 9.17) is 11.5 Å². The Morgan fingerprint density at radius 1 is 1.27 bits per heavy atom. The molecule has 1 unspecified atom stereocenters. The van der Waals surface area contributed by atoms with E-state index in [2.05, 4.69) is 5.92 Å². The van der Waals surface area contributed by atoms with E-state index in [1.165, 1.54) is 0 Å². The number of hydrogen-bond donors (Lipinski definition) is 1. The maximum Gasteiger partial charge on any atom is 0.139 e. The summed E-state index contributed by atoms with van der Waals surface area (Å²) in [4.78, 5) is 0. The van der Waals surface area contributed by atoms with Crippen molar-refractivity contribution in [2.24, 2.45) is 0 Å². The van der Waals surface area contributed by atoms with E-state index in [0.717, 1.165) is 5.56 Å². The molecule has 0 aliphatic heterocycles. The van der Waals surface area contributed by atoms with E-state index in [9.17, 15) is 0 Å². The minimum absolute atomic E-state index is 0. The topological polar surface area (TPSA) is 20.2 Å². The number of benzene rings is 1. The lowest BCUT2D eigenvalue weighted by molar-refractivity contribution is 0.238. The second kappa shape index (κ2) is 4.54. The summed E-state index contributed by atoms with van der Waals surface area (Å²) in [6.07, 6.45) is 4.24. The molecule has 0 radical (unpaired) electrons. The smallest absolute Gasteiger partial charge is 0.139 e. The highest BCUT2D eigenvalue weighted by Crippen LogP contribution is 2.09. The maximum absolute atomic E-state index is 9.09. The van der Waals surface area contributed by atoms with Gasteiger partial charge in [-0.1, -0.05) is 43.7 Å². The molecule has 1 aromatic rings. The van der Waals surface area contributed by atoms with Gasteiger partial charge in [0.25, 0.3) is 0 Å². The third-order valence-electron chi connectivity index (χ3n) is 1.27. The summed E-state index contributed by atoms with van der Waals surface area (Å²) in [7, 11) is 0. The van der Waals surface area contributed by atoms with Crippen LogP contribution in [0.1, 0.15) is 19.1 Å². The Balaban J connectivity index is 0.000001000. The fourth-order valence-corrected chi connectivity index (χ4v) is 0.732. The summed E-state index contributed by atoms with van der Waals surface area (Å²) in [5.41, 5.74) is 0.769. The number of aliphatic hydroxyl groups is 1. The lowest BCUT2D eigenvalue weighted by Gasteiger charge is -2.00. The molecule has 1 aromatic carbocycles. The van der Waals surface area contributed by atoms with Gasteiger partial charge in [0.1, 0.15) is 6.10 Å². The zero-order chi connectivity index (χ0) is 7.40. The molecule has 0 aliphatic carbocycles. The Bertz CT molecular complexity index is 233. The number of aliphatic hydroxyl groups excluding tert-OH is 1. The SMILES string of the molecule is C.C#CC(O)c1ccccc1. The highest BCUT2D eigenvalue weighted by atomic mass is 16.3. The Kier molecular flexibility index (Phi) is 4.02. The third kappa shape index (κ3) is 2.45. The van der Waals surface area contributed by atoms with E-state index in [1.54, 1.807) is 12.1 Å². The van der Waals surface area contributed by atoms with Crippen LogP contribution in [0.15, 0.2) is 30.3 Å².